The van der Waals surface area contributed by atoms with Gasteiger partial charge in [-0.05, 0) is 48.9 Å². The fourth-order valence-corrected chi connectivity index (χ4v) is 10.2. The van der Waals surface area contributed by atoms with Gasteiger partial charge in [-0.15, -0.1) is 22.7 Å². The lowest BCUT2D eigenvalue weighted by atomic mass is 10.0. The first-order valence-electron chi connectivity index (χ1n) is 19.7. The highest BCUT2D eigenvalue weighted by Crippen LogP contribution is 2.39. The minimum atomic E-state index is -0.898. The van der Waals surface area contributed by atoms with Gasteiger partial charge in [0.1, 0.15) is 27.9 Å². The summed E-state index contributed by atoms with van der Waals surface area (Å²) in [6.45, 7) is 1.11. The van der Waals surface area contributed by atoms with Crippen LogP contribution < -0.4 is 10.6 Å². The van der Waals surface area contributed by atoms with E-state index in [-0.39, 0.29) is 23.9 Å². The van der Waals surface area contributed by atoms with E-state index in [2.05, 4.69) is 27.8 Å². The molecular weight excluding hydrogens is 803 g/mol. The smallest absolute Gasteiger partial charge is 0.407 e. The van der Waals surface area contributed by atoms with Gasteiger partial charge >= 0.3 is 12.2 Å². The third-order valence-electron chi connectivity index (χ3n) is 11.2. The Kier molecular flexibility index (Phi) is 10.8. The lowest BCUT2D eigenvalue weighted by molar-refractivity contribution is -0.135. The number of thiazole rings is 2. The molecule has 0 bridgehead atoms. The molecule has 3 aromatic carbocycles. The number of H-pyrrole nitrogens is 1. The fraction of sp³-hybridized carbons (Fsp3) is 0.302. The SMILES string of the molecule is COC(=O)N[C@@H](C(=O)N1CCC[C@H]1C1=NC=C(c2nc3cc4sc(-c5cnc([C@@H]6CCCN6C(=O)[C@H](NC(=O)OC)c6ccccc6)[nH]5)nc4cc3s2)C1)c1ccccc1. The van der Waals surface area contributed by atoms with Gasteiger partial charge in [0.05, 0.1) is 58.6 Å². The monoisotopic (exact) mass is 843 g/mol. The number of likely N-dealkylation sites (tertiary alicyclic amines) is 2. The van der Waals surface area contributed by atoms with Crippen LogP contribution in [0.25, 0.3) is 36.7 Å². The Morgan fingerprint density at radius 1 is 0.750 bits per heavy atom. The Morgan fingerprint density at radius 3 is 1.87 bits per heavy atom. The number of carbonyl (C=O) groups excluding carboxylic acids is 4. The maximum Gasteiger partial charge on any atom is 0.407 e. The third kappa shape index (κ3) is 7.61. The number of benzene rings is 3. The molecule has 15 nitrogen and oxygen atoms in total. The molecule has 0 aliphatic carbocycles. The Morgan fingerprint density at radius 2 is 1.28 bits per heavy atom. The van der Waals surface area contributed by atoms with E-state index in [1.165, 1.54) is 25.6 Å². The van der Waals surface area contributed by atoms with Crippen LogP contribution in [0.15, 0.2) is 90.2 Å². The molecule has 3 aliphatic rings. The number of rotatable bonds is 10. The summed E-state index contributed by atoms with van der Waals surface area (Å²) in [4.78, 5) is 79.0. The second kappa shape index (κ2) is 16.7. The number of carbonyl (C=O) groups is 4. The van der Waals surface area contributed by atoms with E-state index in [0.29, 0.717) is 36.5 Å². The minimum Gasteiger partial charge on any atom is -0.453 e. The van der Waals surface area contributed by atoms with E-state index in [1.807, 2.05) is 71.8 Å². The molecule has 2 saturated heterocycles. The number of methoxy groups -OCH3 is 2. The first kappa shape index (κ1) is 39.0. The summed E-state index contributed by atoms with van der Waals surface area (Å²) in [6.07, 6.45) is 6.00. The summed E-state index contributed by atoms with van der Waals surface area (Å²) >= 11 is 3.12. The molecule has 3 aromatic heterocycles. The quantitative estimate of drug-likeness (QED) is 0.127. The number of nitrogens with one attached hydrogen (secondary N) is 3. The topological polar surface area (TPSA) is 184 Å². The molecule has 306 valence electrons. The van der Waals surface area contributed by atoms with Gasteiger partial charge in [-0.2, -0.15) is 0 Å². The van der Waals surface area contributed by atoms with Crippen molar-refractivity contribution in [2.24, 2.45) is 4.99 Å². The zero-order chi connectivity index (χ0) is 41.3. The van der Waals surface area contributed by atoms with Crippen molar-refractivity contribution in [3.63, 3.8) is 0 Å². The summed E-state index contributed by atoms with van der Waals surface area (Å²) in [5.41, 5.74) is 5.72. The highest BCUT2D eigenvalue weighted by Gasteiger charge is 2.39. The maximum absolute atomic E-state index is 14.0. The number of aromatic amines is 1. The second-order valence-corrected chi connectivity index (χ2v) is 16.9. The number of hydrogen-bond donors (Lipinski definition) is 3. The highest BCUT2D eigenvalue weighted by atomic mass is 32.1. The lowest BCUT2D eigenvalue weighted by Gasteiger charge is -2.29. The van der Waals surface area contributed by atoms with Crippen molar-refractivity contribution in [3.8, 4) is 10.7 Å². The molecule has 3 N–H and O–H groups in total. The average Bonchev–Trinajstić information content (AvgIpc) is 4.14. The molecule has 4 atom stereocenters. The molecule has 3 aliphatic heterocycles. The molecule has 6 heterocycles. The van der Waals surface area contributed by atoms with E-state index < -0.39 is 24.3 Å². The van der Waals surface area contributed by atoms with Crippen LogP contribution in [0.1, 0.15) is 72.2 Å². The summed E-state index contributed by atoms with van der Waals surface area (Å²) < 4.78 is 11.7. The van der Waals surface area contributed by atoms with Gasteiger partial charge in [0.15, 0.2) is 0 Å². The van der Waals surface area contributed by atoms with Gasteiger partial charge in [0, 0.05) is 37.0 Å². The molecule has 0 radical (unpaired) electrons. The van der Waals surface area contributed by atoms with Crippen LogP contribution >= 0.6 is 22.7 Å². The predicted molar refractivity (Wildman–Crippen MR) is 228 cm³/mol. The summed E-state index contributed by atoms with van der Waals surface area (Å²) in [7, 11) is 2.56. The number of hydrogen-bond acceptors (Lipinski definition) is 12. The first-order valence-corrected chi connectivity index (χ1v) is 21.3. The van der Waals surface area contributed by atoms with Crippen LogP contribution in [-0.2, 0) is 19.1 Å². The predicted octanol–water partition coefficient (Wildman–Crippen LogP) is 7.33. The van der Waals surface area contributed by atoms with Crippen LogP contribution in [0.5, 0.6) is 0 Å². The fourth-order valence-electron chi connectivity index (χ4n) is 8.24. The Hall–Kier alpha value is -6.46. The number of ether oxygens (including phenoxy) is 2. The number of aromatic nitrogens is 4. The van der Waals surface area contributed by atoms with Crippen LogP contribution in [0, 0.1) is 0 Å². The van der Waals surface area contributed by atoms with Gasteiger partial charge < -0.3 is 34.9 Å². The zero-order valence-corrected chi connectivity index (χ0v) is 34.4. The van der Waals surface area contributed by atoms with Crippen molar-refractivity contribution >= 4 is 78.4 Å². The molecule has 60 heavy (non-hydrogen) atoms. The molecule has 4 amide bonds. The number of amides is 4. The molecule has 0 unspecified atom stereocenters. The maximum atomic E-state index is 14.0. The normalized spacial score (nSPS) is 18.6. The molecule has 6 aromatic rings. The van der Waals surface area contributed by atoms with Gasteiger partial charge in [-0.3, -0.25) is 14.6 Å². The van der Waals surface area contributed by atoms with Crippen molar-refractivity contribution in [2.75, 3.05) is 27.3 Å². The molecule has 17 heteroatoms. The Balaban J connectivity index is 0.886. The van der Waals surface area contributed by atoms with Crippen LogP contribution in [0.3, 0.4) is 0 Å². The van der Waals surface area contributed by atoms with Gasteiger partial charge in [0.25, 0.3) is 5.91 Å². The number of imidazole rings is 1. The molecule has 2 fully saturated rings. The van der Waals surface area contributed by atoms with Crippen molar-refractivity contribution < 1.29 is 28.7 Å². The molecule has 9 rings (SSSR count). The number of nitrogens with zero attached hydrogens (tertiary/aromatic N) is 6. The molecular formula is C43H41N9O6S2. The van der Waals surface area contributed by atoms with Gasteiger partial charge in [-0.1, -0.05) is 60.7 Å². The largest absolute Gasteiger partial charge is 0.453 e. The second-order valence-electron chi connectivity index (χ2n) is 14.8. The number of fused-ring (bicyclic) bond motifs is 2. The van der Waals surface area contributed by atoms with Crippen molar-refractivity contribution in [3.05, 3.63) is 107 Å². The third-order valence-corrected chi connectivity index (χ3v) is 13.3. The number of aliphatic imine (C=N–C) groups is 1. The number of alkyl carbamates (subject to hydrolysis) is 2. The van der Waals surface area contributed by atoms with Crippen molar-refractivity contribution in [1.29, 1.82) is 0 Å². The minimum absolute atomic E-state index is 0.186. The summed E-state index contributed by atoms with van der Waals surface area (Å²) in [5, 5.41) is 7.08. The van der Waals surface area contributed by atoms with Gasteiger partial charge in [-0.25, -0.2) is 24.5 Å². The van der Waals surface area contributed by atoms with E-state index in [1.54, 1.807) is 22.4 Å². The van der Waals surface area contributed by atoms with Crippen LogP contribution in [0.2, 0.25) is 0 Å². The first-order chi connectivity index (χ1) is 29.3. The lowest BCUT2D eigenvalue weighted by Crippen LogP contribution is -2.47. The average molecular weight is 844 g/mol. The van der Waals surface area contributed by atoms with Crippen LogP contribution in [-0.4, -0.2) is 92.8 Å². The van der Waals surface area contributed by atoms with Crippen LogP contribution in [0.4, 0.5) is 9.59 Å². The van der Waals surface area contributed by atoms with E-state index in [0.717, 1.165) is 73.1 Å². The Labute approximate surface area is 352 Å². The van der Waals surface area contributed by atoms with Crippen molar-refractivity contribution in [2.45, 2.75) is 56.3 Å². The summed E-state index contributed by atoms with van der Waals surface area (Å²) in [5.74, 6) is 0.242. The van der Waals surface area contributed by atoms with E-state index in [4.69, 9.17) is 29.4 Å². The van der Waals surface area contributed by atoms with E-state index >= 15 is 0 Å². The highest BCUT2D eigenvalue weighted by molar-refractivity contribution is 7.22. The van der Waals surface area contributed by atoms with Gasteiger partial charge in [0.2, 0.25) is 5.91 Å². The molecule has 0 saturated carbocycles. The standard InChI is InChI=1S/C43H41N9O6S2/c1-57-42(55)49-35(24-11-5-3-6-12-24)40(53)51-17-9-15-31(51)27-19-26(22-44-27)38-47-28-20-34-29(21-33(28)59-38)48-39(60-34)30-23-45-37(46-30)32-16-10-18-52(32)41(54)36(50-43(56)58-2)25-13-7-4-8-14-25/h3-8,11-14,20-23,31-32,35-36H,9-10,15-19H2,1-2H3,(H,45,46)(H,49,55)(H,50,56)/t31-,32-,35+,36+/m0/s1. The van der Waals surface area contributed by atoms with E-state index in [9.17, 15) is 19.2 Å². The van der Waals surface area contributed by atoms with Crippen molar-refractivity contribution in [1.82, 2.24) is 40.4 Å². The number of allylic oxidation sites excluding steroid dienone is 1. The zero-order valence-electron chi connectivity index (χ0n) is 32.8. The summed E-state index contributed by atoms with van der Waals surface area (Å²) in [6, 6.07) is 20.2. The molecule has 0 spiro atoms. The Bertz CT molecular complexity index is 2610.